The SMILES string of the molecule is COc1c(C)cc(Cl)c(CCO)c1C. The molecule has 1 aromatic carbocycles. The van der Waals surface area contributed by atoms with E-state index >= 15 is 0 Å². The molecule has 1 rings (SSSR count). The zero-order valence-corrected chi connectivity index (χ0v) is 9.48. The maximum absolute atomic E-state index is 8.90. The Balaban J connectivity index is 3.28. The lowest BCUT2D eigenvalue weighted by Crippen LogP contribution is -2.00. The number of hydrogen-bond donors (Lipinski definition) is 1. The third kappa shape index (κ3) is 2.02. The largest absolute Gasteiger partial charge is 0.496 e. The average molecular weight is 215 g/mol. The van der Waals surface area contributed by atoms with Gasteiger partial charge in [-0.3, -0.25) is 0 Å². The highest BCUT2D eigenvalue weighted by molar-refractivity contribution is 6.31. The summed E-state index contributed by atoms with van der Waals surface area (Å²) < 4.78 is 5.28. The number of benzene rings is 1. The van der Waals surface area contributed by atoms with Crippen molar-refractivity contribution in [3.8, 4) is 5.75 Å². The molecule has 0 aliphatic rings. The molecule has 0 unspecified atom stereocenters. The lowest BCUT2D eigenvalue weighted by molar-refractivity contribution is 0.299. The van der Waals surface area contributed by atoms with Gasteiger partial charge in [-0.1, -0.05) is 11.6 Å². The Morgan fingerprint density at radius 1 is 1.43 bits per heavy atom. The highest BCUT2D eigenvalue weighted by atomic mass is 35.5. The van der Waals surface area contributed by atoms with Crippen molar-refractivity contribution in [2.45, 2.75) is 20.3 Å². The molecule has 0 bridgehead atoms. The van der Waals surface area contributed by atoms with Gasteiger partial charge >= 0.3 is 0 Å². The van der Waals surface area contributed by atoms with Crippen molar-refractivity contribution >= 4 is 11.6 Å². The molecule has 0 radical (unpaired) electrons. The van der Waals surface area contributed by atoms with Gasteiger partial charge in [0.2, 0.25) is 0 Å². The molecule has 0 aliphatic carbocycles. The highest BCUT2D eigenvalue weighted by Gasteiger charge is 2.11. The van der Waals surface area contributed by atoms with Crippen LogP contribution in [0.15, 0.2) is 6.07 Å². The summed E-state index contributed by atoms with van der Waals surface area (Å²) in [4.78, 5) is 0. The van der Waals surface area contributed by atoms with Crippen LogP contribution in [0.2, 0.25) is 5.02 Å². The molecule has 0 aliphatic heterocycles. The minimum absolute atomic E-state index is 0.104. The molecule has 0 saturated carbocycles. The summed E-state index contributed by atoms with van der Waals surface area (Å²) in [5.74, 6) is 0.859. The highest BCUT2D eigenvalue weighted by Crippen LogP contribution is 2.31. The summed E-state index contributed by atoms with van der Waals surface area (Å²) in [6, 6.07) is 1.87. The fourth-order valence-electron chi connectivity index (χ4n) is 1.69. The summed E-state index contributed by atoms with van der Waals surface area (Å²) in [7, 11) is 1.64. The number of halogens is 1. The second-order valence-electron chi connectivity index (χ2n) is 3.29. The van der Waals surface area contributed by atoms with E-state index in [-0.39, 0.29) is 6.61 Å². The second-order valence-corrected chi connectivity index (χ2v) is 3.69. The Hall–Kier alpha value is -0.730. The van der Waals surface area contributed by atoms with Crippen molar-refractivity contribution in [3.05, 3.63) is 27.8 Å². The van der Waals surface area contributed by atoms with Crippen molar-refractivity contribution < 1.29 is 9.84 Å². The van der Waals surface area contributed by atoms with E-state index in [1.807, 2.05) is 19.9 Å². The van der Waals surface area contributed by atoms with Gasteiger partial charge in [0, 0.05) is 11.6 Å². The summed E-state index contributed by atoms with van der Waals surface area (Å²) >= 11 is 6.08. The van der Waals surface area contributed by atoms with E-state index in [0.29, 0.717) is 11.4 Å². The van der Waals surface area contributed by atoms with Crippen LogP contribution in [-0.2, 0) is 6.42 Å². The Morgan fingerprint density at radius 3 is 2.57 bits per heavy atom. The smallest absolute Gasteiger partial charge is 0.125 e. The Kier molecular flexibility index (Phi) is 3.78. The summed E-state index contributed by atoms with van der Waals surface area (Å²) in [5, 5.41) is 9.61. The Bertz CT molecular complexity index is 335. The summed E-state index contributed by atoms with van der Waals surface area (Å²) in [6.45, 7) is 4.02. The van der Waals surface area contributed by atoms with Crippen LogP contribution in [0.25, 0.3) is 0 Å². The number of ether oxygens (including phenoxy) is 1. The predicted molar refractivity (Wildman–Crippen MR) is 58.3 cm³/mol. The molecule has 3 heteroatoms. The zero-order valence-electron chi connectivity index (χ0n) is 8.72. The normalized spacial score (nSPS) is 10.4. The Labute approximate surface area is 89.5 Å². The molecule has 14 heavy (non-hydrogen) atoms. The van der Waals surface area contributed by atoms with E-state index in [4.69, 9.17) is 21.4 Å². The first-order valence-corrected chi connectivity index (χ1v) is 4.93. The van der Waals surface area contributed by atoms with Crippen LogP contribution >= 0.6 is 11.6 Å². The zero-order chi connectivity index (χ0) is 10.7. The minimum atomic E-state index is 0.104. The van der Waals surface area contributed by atoms with Crippen molar-refractivity contribution in [2.24, 2.45) is 0 Å². The molecule has 0 saturated heterocycles. The third-order valence-electron chi connectivity index (χ3n) is 2.35. The van der Waals surface area contributed by atoms with E-state index in [1.54, 1.807) is 7.11 Å². The molecule has 1 N–H and O–H groups in total. The van der Waals surface area contributed by atoms with Gasteiger partial charge in [-0.05, 0) is 43.0 Å². The van der Waals surface area contributed by atoms with Crippen LogP contribution in [0.1, 0.15) is 16.7 Å². The maximum atomic E-state index is 8.90. The number of methoxy groups -OCH3 is 1. The topological polar surface area (TPSA) is 29.5 Å². The standard InChI is InChI=1S/C11H15ClO2/c1-7-6-10(12)9(4-5-13)8(2)11(7)14-3/h6,13H,4-5H2,1-3H3. The van der Waals surface area contributed by atoms with Crippen LogP contribution in [0.5, 0.6) is 5.75 Å². The van der Waals surface area contributed by atoms with Crippen molar-refractivity contribution in [3.63, 3.8) is 0 Å². The quantitative estimate of drug-likeness (QED) is 0.838. The predicted octanol–water partition coefficient (Wildman–Crippen LogP) is 2.50. The number of aliphatic hydroxyl groups is 1. The van der Waals surface area contributed by atoms with Crippen LogP contribution in [0.3, 0.4) is 0 Å². The monoisotopic (exact) mass is 214 g/mol. The van der Waals surface area contributed by atoms with Gasteiger partial charge in [0.1, 0.15) is 5.75 Å². The van der Waals surface area contributed by atoms with Gasteiger partial charge in [-0.15, -0.1) is 0 Å². The van der Waals surface area contributed by atoms with Crippen molar-refractivity contribution in [2.75, 3.05) is 13.7 Å². The molecule has 78 valence electrons. The van der Waals surface area contributed by atoms with Gasteiger partial charge in [0.15, 0.2) is 0 Å². The van der Waals surface area contributed by atoms with Crippen LogP contribution < -0.4 is 4.74 Å². The number of aryl methyl sites for hydroxylation is 1. The first-order chi connectivity index (χ1) is 6.61. The number of hydrogen-bond acceptors (Lipinski definition) is 2. The lowest BCUT2D eigenvalue weighted by Gasteiger charge is -2.14. The maximum Gasteiger partial charge on any atom is 0.125 e. The Morgan fingerprint density at radius 2 is 2.07 bits per heavy atom. The first-order valence-electron chi connectivity index (χ1n) is 4.55. The van der Waals surface area contributed by atoms with E-state index in [1.165, 1.54) is 0 Å². The van der Waals surface area contributed by atoms with Gasteiger partial charge in [0.05, 0.1) is 7.11 Å². The number of rotatable bonds is 3. The molecule has 0 atom stereocenters. The van der Waals surface area contributed by atoms with E-state index < -0.39 is 0 Å². The molecule has 2 nitrogen and oxygen atoms in total. The third-order valence-corrected chi connectivity index (χ3v) is 2.69. The van der Waals surface area contributed by atoms with Crippen LogP contribution in [0.4, 0.5) is 0 Å². The van der Waals surface area contributed by atoms with Crippen molar-refractivity contribution in [1.29, 1.82) is 0 Å². The average Bonchev–Trinajstić information content (AvgIpc) is 2.12. The fourth-order valence-corrected chi connectivity index (χ4v) is 2.09. The minimum Gasteiger partial charge on any atom is -0.496 e. The van der Waals surface area contributed by atoms with Crippen LogP contribution in [-0.4, -0.2) is 18.8 Å². The van der Waals surface area contributed by atoms with Gasteiger partial charge in [-0.25, -0.2) is 0 Å². The molecular formula is C11H15ClO2. The molecule has 1 aromatic rings. The molecule has 0 spiro atoms. The molecule has 0 heterocycles. The molecule has 0 fully saturated rings. The van der Waals surface area contributed by atoms with Crippen LogP contribution in [0, 0.1) is 13.8 Å². The lowest BCUT2D eigenvalue weighted by atomic mass is 10.0. The van der Waals surface area contributed by atoms with E-state index in [9.17, 15) is 0 Å². The second kappa shape index (κ2) is 4.67. The van der Waals surface area contributed by atoms with Gasteiger partial charge in [0.25, 0.3) is 0 Å². The molecule has 0 aromatic heterocycles. The van der Waals surface area contributed by atoms with Crippen molar-refractivity contribution in [1.82, 2.24) is 0 Å². The fraction of sp³-hybridized carbons (Fsp3) is 0.455. The summed E-state index contributed by atoms with van der Waals surface area (Å²) in [6.07, 6.45) is 0.571. The van der Waals surface area contributed by atoms with Gasteiger partial charge < -0.3 is 9.84 Å². The number of aliphatic hydroxyl groups excluding tert-OH is 1. The molecule has 0 amide bonds. The van der Waals surface area contributed by atoms with E-state index in [0.717, 1.165) is 22.4 Å². The molecular weight excluding hydrogens is 200 g/mol. The van der Waals surface area contributed by atoms with Gasteiger partial charge in [-0.2, -0.15) is 0 Å². The first kappa shape index (κ1) is 11.3. The van der Waals surface area contributed by atoms with E-state index in [2.05, 4.69) is 0 Å². The summed E-state index contributed by atoms with van der Waals surface area (Å²) in [5.41, 5.74) is 3.01.